The molecule has 2 aliphatic carbocycles. The minimum absolute atomic E-state index is 0.200. The highest BCUT2D eigenvalue weighted by molar-refractivity contribution is 5.12. The smallest absolute Gasteiger partial charge is 0.0986 e. The van der Waals surface area contributed by atoms with Crippen molar-refractivity contribution in [2.75, 3.05) is 0 Å². The fourth-order valence-corrected chi connectivity index (χ4v) is 2.85. The lowest BCUT2D eigenvalue weighted by Gasteiger charge is -2.54. The summed E-state index contributed by atoms with van der Waals surface area (Å²) in [5, 5.41) is 58.4. The van der Waals surface area contributed by atoms with Gasteiger partial charge in [-0.2, -0.15) is 0 Å². The van der Waals surface area contributed by atoms with Crippen molar-refractivity contribution in [1.29, 1.82) is 0 Å². The monoisotopic (exact) mass is 234 g/mol. The normalized spacial score (nSPS) is 58.1. The average molecular weight is 234 g/mol. The van der Waals surface area contributed by atoms with Crippen molar-refractivity contribution in [2.45, 2.75) is 61.3 Å². The maximum atomic E-state index is 10.2. The molecule has 6 nitrogen and oxygen atoms in total. The van der Waals surface area contributed by atoms with Crippen molar-refractivity contribution >= 4 is 0 Å². The van der Waals surface area contributed by atoms with E-state index in [1.807, 2.05) is 0 Å². The molecule has 0 bridgehead atoms. The summed E-state index contributed by atoms with van der Waals surface area (Å²) < 4.78 is 0. The number of rotatable bonds is 0. The SMILES string of the molecule is O[C@@H]1CC2(O)C[C@@H](O)[C@@H](O)CC2(O)C[C@@H]1O. The van der Waals surface area contributed by atoms with Gasteiger partial charge in [-0.15, -0.1) is 0 Å². The molecule has 2 fully saturated rings. The van der Waals surface area contributed by atoms with Gasteiger partial charge in [-0.25, -0.2) is 0 Å². The zero-order valence-electron chi connectivity index (χ0n) is 8.82. The molecule has 2 aliphatic rings. The van der Waals surface area contributed by atoms with Gasteiger partial charge in [0.15, 0.2) is 0 Å². The van der Waals surface area contributed by atoms with Gasteiger partial charge >= 0.3 is 0 Å². The zero-order chi connectivity index (χ0) is 12.1. The van der Waals surface area contributed by atoms with Gasteiger partial charge in [0.05, 0.1) is 35.6 Å². The Balaban J connectivity index is 2.27. The molecule has 0 heterocycles. The summed E-state index contributed by atoms with van der Waals surface area (Å²) in [6.45, 7) is 0. The number of fused-ring (bicyclic) bond motifs is 1. The second-order valence-corrected chi connectivity index (χ2v) is 5.15. The van der Waals surface area contributed by atoms with Crippen LogP contribution in [0.25, 0.3) is 0 Å². The van der Waals surface area contributed by atoms with Crippen LogP contribution in [0.4, 0.5) is 0 Å². The summed E-state index contributed by atoms with van der Waals surface area (Å²) in [6, 6.07) is 0. The molecular formula is C10H18O6. The Morgan fingerprint density at radius 1 is 0.562 bits per heavy atom. The molecule has 0 aromatic rings. The van der Waals surface area contributed by atoms with E-state index in [9.17, 15) is 30.6 Å². The third-order valence-electron chi connectivity index (χ3n) is 3.94. The van der Waals surface area contributed by atoms with Gasteiger partial charge < -0.3 is 30.6 Å². The Morgan fingerprint density at radius 2 is 0.750 bits per heavy atom. The Labute approximate surface area is 92.8 Å². The van der Waals surface area contributed by atoms with E-state index < -0.39 is 35.6 Å². The van der Waals surface area contributed by atoms with Gasteiger partial charge in [-0.3, -0.25) is 0 Å². The maximum Gasteiger partial charge on any atom is 0.0986 e. The quantitative estimate of drug-likeness (QED) is 0.275. The molecule has 6 N–H and O–H groups in total. The van der Waals surface area contributed by atoms with E-state index in [1.54, 1.807) is 0 Å². The van der Waals surface area contributed by atoms with Crippen molar-refractivity contribution in [2.24, 2.45) is 0 Å². The molecule has 4 atom stereocenters. The first-order valence-electron chi connectivity index (χ1n) is 5.44. The molecule has 2 rings (SSSR count). The lowest BCUT2D eigenvalue weighted by atomic mass is 9.61. The lowest BCUT2D eigenvalue weighted by molar-refractivity contribution is -0.267. The van der Waals surface area contributed by atoms with Crippen LogP contribution in [0.15, 0.2) is 0 Å². The first-order chi connectivity index (χ1) is 7.27. The lowest BCUT2D eigenvalue weighted by Crippen LogP contribution is -2.68. The van der Waals surface area contributed by atoms with Crippen LogP contribution in [-0.2, 0) is 0 Å². The summed E-state index contributed by atoms with van der Waals surface area (Å²) in [6.07, 6.45) is -5.27. The molecule has 0 spiro atoms. The van der Waals surface area contributed by atoms with Crippen LogP contribution < -0.4 is 0 Å². The highest BCUT2D eigenvalue weighted by atomic mass is 16.4. The first-order valence-corrected chi connectivity index (χ1v) is 5.44. The first kappa shape index (κ1) is 12.2. The minimum Gasteiger partial charge on any atom is -0.390 e. The maximum absolute atomic E-state index is 10.2. The van der Waals surface area contributed by atoms with Crippen LogP contribution in [0.2, 0.25) is 0 Å². The fraction of sp³-hybridized carbons (Fsp3) is 1.00. The van der Waals surface area contributed by atoms with Crippen molar-refractivity contribution in [3.8, 4) is 0 Å². The summed E-state index contributed by atoms with van der Waals surface area (Å²) in [5.41, 5.74) is -3.30. The second kappa shape index (κ2) is 3.63. The average Bonchev–Trinajstić information content (AvgIpc) is 2.12. The molecule has 2 saturated carbocycles. The molecule has 0 saturated heterocycles. The van der Waals surface area contributed by atoms with E-state index in [2.05, 4.69) is 0 Å². The molecule has 0 unspecified atom stereocenters. The van der Waals surface area contributed by atoms with Gasteiger partial charge in [-0.1, -0.05) is 0 Å². The summed E-state index contributed by atoms with van der Waals surface area (Å²) in [4.78, 5) is 0. The van der Waals surface area contributed by atoms with E-state index in [4.69, 9.17) is 0 Å². The molecule has 16 heavy (non-hydrogen) atoms. The predicted molar refractivity (Wildman–Crippen MR) is 52.4 cm³/mol. The number of hydrogen-bond donors (Lipinski definition) is 6. The van der Waals surface area contributed by atoms with Gasteiger partial charge in [0.25, 0.3) is 0 Å². The Hall–Kier alpha value is -0.240. The number of aliphatic hydroxyl groups excluding tert-OH is 4. The van der Waals surface area contributed by atoms with E-state index in [0.717, 1.165) is 0 Å². The molecular weight excluding hydrogens is 216 g/mol. The molecule has 0 aromatic heterocycles. The van der Waals surface area contributed by atoms with E-state index in [-0.39, 0.29) is 25.7 Å². The third-order valence-corrected chi connectivity index (χ3v) is 3.94. The molecule has 0 radical (unpaired) electrons. The second-order valence-electron chi connectivity index (χ2n) is 5.15. The topological polar surface area (TPSA) is 121 Å². The summed E-state index contributed by atoms with van der Waals surface area (Å²) in [7, 11) is 0. The molecule has 0 amide bonds. The van der Waals surface area contributed by atoms with Gasteiger partial charge in [-0.05, 0) is 0 Å². The Morgan fingerprint density at radius 3 is 0.938 bits per heavy atom. The fourth-order valence-electron chi connectivity index (χ4n) is 2.85. The van der Waals surface area contributed by atoms with Gasteiger partial charge in [0, 0.05) is 25.7 Å². The minimum atomic E-state index is -1.65. The molecule has 0 aliphatic heterocycles. The van der Waals surface area contributed by atoms with E-state index >= 15 is 0 Å². The third kappa shape index (κ3) is 1.66. The number of hydrogen-bond acceptors (Lipinski definition) is 6. The number of aliphatic hydroxyl groups is 6. The van der Waals surface area contributed by atoms with Crippen LogP contribution in [0.5, 0.6) is 0 Å². The predicted octanol–water partition coefficient (Wildman–Crippen LogP) is -2.52. The van der Waals surface area contributed by atoms with Crippen molar-refractivity contribution < 1.29 is 30.6 Å². The van der Waals surface area contributed by atoms with Crippen LogP contribution >= 0.6 is 0 Å². The van der Waals surface area contributed by atoms with Crippen molar-refractivity contribution in [3.05, 3.63) is 0 Å². The standard InChI is InChI=1S/C10H18O6/c11-5-1-9(15)2-7(13)8(14)4-10(9,16)3-6(5)12/h5-8,11-16H,1-4H2/t5-,6+,7-,8+,9?,10?. The Bertz CT molecular complexity index is 232. The summed E-state index contributed by atoms with van der Waals surface area (Å²) >= 11 is 0. The Kier molecular flexibility index (Phi) is 2.77. The van der Waals surface area contributed by atoms with Gasteiger partial charge in [0.2, 0.25) is 0 Å². The highest BCUT2D eigenvalue weighted by Crippen LogP contribution is 2.47. The van der Waals surface area contributed by atoms with E-state index in [1.165, 1.54) is 0 Å². The van der Waals surface area contributed by atoms with Crippen molar-refractivity contribution in [1.82, 2.24) is 0 Å². The van der Waals surface area contributed by atoms with E-state index in [0.29, 0.717) is 0 Å². The van der Waals surface area contributed by atoms with Crippen molar-refractivity contribution in [3.63, 3.8) is 0 Å². The molecule has 94 valence electrons. The van der Waals surface area contributed by atoms with Crippen LogP contribution in [0.3, 0.4) is 0 Å². The van der Waals surface area contributed by atoms with Crippen LogP contribution in [0.1, 0.15) is 25.7 Å². The summed E-state index contributed by atoms with van der Waals surface area (Å²) in [5.74, 6) is 0. The molecule has 0 aromatic carbocycles. The van der Waals surface area contributed by atoms with Crippen LogP contribution in [-0.4, -0.2) is 66.3 Å². The zero-order valence-corrected chi connectivity index (χ0v) is 8.82. The molecule has 6 heteroatoms. The van der Waals surface area contributed by atoms with Gasteiger partial charge in [0.1, 0.15) is 0 Å². The van der Waals surface area contributed by atoms with Crippen LogP contribution in [0, 0.1) is 0 Å². The largest absolute Gasteiger partial charge is 0.390 e. The highest BCUT2D eigenvalue weighted by Gasteiger charge is 2.60.